The quantitative estimate of drug-likeness (QED) is 0.678. The first-order valence-corrected chi connectivity index (χ1v) is 6.16. The summed E-state index contributed by atoms with van der Waals surface area (Å²) in [6, 6.07) is 11.2. The zero-order valence-electron chi connectivity index (χ0n) is 10.5. The summed E-state index contributed by atoms with van der Waals surface area (Å²) in [5, 5.41) is 3.57. The smallest absolute Gasteiger partial charge is 0.0323 e. The largest absolute Gasteiger partial charge is 0.306 e. The molecule has 0 radical (unpaired) electrons. The van der Waals surface area contributed by atoms with Crippen LogP contribution in [0.2, 0.25) is 0 Å². The van der Waals surface area contributed by atoms with Crippen molar-refractivity contribution in [2.24, 2.45) is 0 Å². The number of hydrogen-bond acceptors (Lipinski definition) is 1. The highest BCUT2D eigenvalue weighted by molar-refractivity contribution is 5.19. The number of benzene rings is 1. The van der Waals surface area contributed by atoms with E-state index >= 15 is 0 Å². The third-order valence-corrected chi connectivity index (χ3v) is 2.70. The maximum Gasteiger partial charge on any atom is 0.0323 e. The van der Waals surface area contributed by atoms with Crippen LogP contribution in [0, 0.1) is 0 Å². The predicted octanol–water partition coefficient (Wildman–Crippen LogP) is 4.08. The van der Waals surface area contributed by atoms with E-state index < -0.39 is 0 Å². The van der Waals surface area contributed by atoms with E-state index in [2.05, 4.69) is 56.1 Å². The van der Waals surface area contributed by atoms with Gasteiger partial charge in [0.25, 0.3) is 0 Å². The van der Waals surface area contributed by atoms with E-state index in [1.54, 1.807) is 0 Å². The van der Waals surface area contributed by atoms with E-state index in [4.69, 9.17) is 0 Å². The van der Waals surface area contributed by atoms with Crippen LogP contribution in [0.25, 0.3) is 0 Å². The van der Waals surface area contributed by atoms with Crippen LogP contribution in [-0.2, 0) is 0 Å². The van der Waals surface area contributed by atoms with Gasteiger partial charge in [0.05, 0.1) is 0 Å². The molecule has 1 heteroatoms. The molecule has 0 aliphatic heterocycles. The van der Waals surface area contributed by atoms with Crippen molar-refractivity contribution < 1.29 is 0 Å². The Hall–Kier alpha value is -1.08. The molecule has 0 saturated carbocycles. The number of hydrogen-bond donors (Lipinski definition) is 1. The standard InChI is InChI=1S/C15H23N/c1-4-5-11-15(16-12-13(2)3)14-9-7-6-8-10-14/h6-10,15-16H,2,4-5,11-12H2,1,3H3. The Morgan fingerprint density at radius 2 is 2.00 bits per heavy atom. The van der Waals surface area contributed by atoms with Gasteiger partial charge in [-0.05, 0) is 18.9 Å². The summed E-state index contributed by atoms with van der Waals surface area (Å²) in [5.74, 6) is 0. The van der Waals surface area contributed by atoms with Crippen LogP contribution in [-0.4, -0.2) is 6.54 Å². The van der Waals surface area contributed by atoms with Crippen molar-refractivity contribution in [2.75, 3.05) is 6.54 Å². The van der Waals surface area contributed by atoms with E-state index in [9.17, 15) is 0 Å². The van der Waals surface area contributed by atoms with Crippen LogP contribution in [0.3, 0.4) is 0 Å². The fourth-order valence-electron chi connectivity index (χ4n) is 1.78. The molecule has 16 heavy (non-hydrogen) atoms. The molecule has 0 aromatic heterocycles. The van der Waals surface area contributed by atoms with Crippen molar-refractivity contribution in [1.29, 1.82) is 0 Å². The van der Waals surface area contributed by atoms with Crippen molar-refractivity contribution in [1.82, 2.24) is 5.32 Å². The normalized spacial score (nSPS) is 12.4. The summed E-state index contributed by atoms with van der Waals surface area (Å²) >= 11 is 0. The van der Waals surface area contributed by atoms with Crippen molar-refractivity contribution in [3.8, 4) is 0 Å². The van der Waals surface area contributed by atoms with E-state index in [-0.39, 0.29) is 0 Å². The Morgan fingerprint density at radius 3 is 2.56 bits per heavy atom. The average Bonchev–Trinajstić information content (AvgIpc) is 2.30. The minimum absolute atomic E-state index is 0.470. The molecule has 1 unspecified atom stereocenters. The summed E-state index contributed by atoms with van der Waals surface area (Å²) in [6.45, 7) is 9.15. The molecular weight excluding hydrogens is 194 g/mol. The van der Waals surface area contributed by atoms with Gasteiger partial charge < -0.3 is 5.32 Å². The molecule has 1 N–H and O–H groups in total. The minimum Gasteiger partial charge on any atom is -0.306 e. The van der Waals surface area contributed by atoms with E-state index in [0.717, 1.165) is 6.54 Å². The molecule has 1 aromatic carbocycles. The summed E-state index contributed by atoms with van der Waals surface area (Å²) < 4.78 is 0. The molecule has 1 nitrogen and oxygen atoms in total. The van der Waals surface area contributed by atoms with Gasteiger partial charge in [-0.3, -0.25) is 0 Å². The monoisotopic (exact) mass is 217 g/mol. The second kappa shape index (κ2) is 7.24. The maximum atomic E-state index is 3.94. The summed E-state index contributed by atoms with van der Waals surface area (Å²) in [5.41, 5.74) is 2.58. The zero-order valence-corrected chi connectivity index (χ0v) is 10.5. The third-order valence-electron chi connectivity index (χ3n) is 2.70. The topological polar surface area (TPSA) is 12.0 Å². The lowest BCUT2D eigenvalue weighted by Gasteiger charge is -2.19. The zero-order chi connectivity index (χ0) is 11.8. The van der Waals surface area contributed by atoms with E-state index in [1.807, 2.05) is 0 Å². The molecule has 0 spiro atoms. The van der Waals surface area contributed by atoms with Crippen LogP contribution in [0.15, 0.2) is 42.5 Å². The van der Waals surface area contributed by atoms with Gasteiger partial charge >= 0.3 is 0 Å². The summed E-state index contributed by atoms with van der Waals surface area (Å²) in [4.78, 5) is 0. The van der Waals surface area contributed by atoms with Gasteiger partial charge in [0.15, 0.2) is 0 Å². The lowest BCUT2D eigenvalue weighted by molar-refractivity contribution is 0.500. The Balaban J connectivity index is 2.59. The molecule has 0 bridgehead atoms. The van der Waals surface area contributed by atoms with E-state index in [1.165, 1.54) is 30.4 Å². The fraction of sp³-hybridized carbons (Fsp3) is 0.467. The van der Waals surface area contributed by atoms with Crippen molar-refractivity contribution in [2.45, 2.75) is 39.2 Å². The van der Waals surface area contributed by atoms with Crippen LogP contribution < -0.4 is 5.32 Å². The Kier molecular flexibility index (Phi) is 5.87. The highest BCUT2D eigenvalue weighted by atomic mass is 14.9. The van der Waals surface area contributed by atoms with Gasteiger partial charge in [-0.2, -0.15) is 0 Å². The average molecular weight is 217 g/mol. The molecule has 1 atom stereocenters. The number of unbranched alkanes of at least 4 members (excludes halogenated alkanes) is 1. The lowest BCUT2D eigenvalue weighted by atomic mass is 10.0. The highest BCUT2D eigenvalue weighted by Crippen LogP contribution is 2.19. The Bertz CT molecular complexity index is 302. The first-order chi connectivity index (χ1) is 7.74. The van der Waals surface area contributed by atoms with Crippen LogP contribution in [0.1, 0.15) is 44.7 Å². The van der Waals surface area contributed by atoms with Gasteiger partial charge in [0, 0.05) is 12.6 Å². The van der Waals surface area contributed by atoms with Crippen LogP contribution >= 0.6 is 0 Å². The summed E-state index contributed by atoms with van der Waals surface area (Å²) in [7, 11) is 0. The van der Waals surface area contributed by atoms with Crippen LogP contribution in [0.4, 0.5) is 0 Å². The Labute approximate surface area is 99.6 Å². The van der Waals surface area contributed by atoms with Gasteiger partial charge in [-0.15, -0.1) is 0 Å². The second-order valence-corrected chi connectivity index (χ2v) is 4.44. The lowest BCUT2D eigenvalue weighted by Crippen LogP contribution is -2.22. The molecule has 0 heterocycles. The number of nitrogens with one attached hydrogen (secondary N) is 1. The molecule has 0 fully saturated rings. The number of rotatable bonds is 7. The molecule has 0 aliphatic rings. The first-order valence-electron chi connectivity index (χ1n) is 6.16. The van der Waals surface area contributed by atoms with Gasteiger partial charge in [-0.25, -0.2) is 0 Å². The summed E-state index contributed by atoms with van der Waals surface area (Å²) in [6.07, 6.45) is 3.72. The molecule has 88 valence electrons. The van der Waals surface area contributed by atoms with Gasteiger partial charge in [0.2, 0.25) is 0 Å². The highest BCUT2D eigenvalue weighted by Gasteiger charge is 2.09. The Morgan fingerprint density at radius 1 is 1.31 bits per heavy atom. The van der Waals surface area contributed by atoms with Crippen LogP contribution in [0.5, 0.6) is 0 Å². The predicted molar refractivity (Wildman–Crippen MR) is 71.5 cm³/mol. The third kappa shape index (κ3) is 4.63. The minimum atomic E-state index is 0.470. The van der Waals surface area contributed by atoms with Gasteiger partial charge in [-0.1, -0.05) is 62.2 Å². The molecule has 0 aliphatic carbocycles. The van der Waals surface area contributed by atoms with Crippen molar-refractivity contribution in [3.05, 3.63) is 48.0 Å². The second-order valence-electron chi connectivity index (χ2n) is 4.44. The molecule has 1 aromatic rings. The van der Waals surface area contributed by atoms with Crippen molar-refractivity contribution in [3.63, 3.8) is 0 Å². The molecular formula is C15H23N. The SMILES string of the molecule is C=C(C)CNC(CCCC)c1ccccc1. The maximum absolute atomic E-state index is 3.94. The first kappa shape index (κ1) is 13.0. The molecule has 0 amide bonds. The van der Waals surface area contributed by atoms with Crippen molar-refractivity contribution >= 4 is 0 Å². The molecule has 0 saturated heterocycles. The van der Waals surface area contributed by atoms with E-state index in [0.29, 0.717) is 6.04 Å². The fourth-order valence-corrected chi connectivity index (χ4v) is 1.78. The molecule has 1 rings (SSSR count). The van der Waals surface area contributed by atoms with Gasteiger partial charge in [0.1, 0.15) is 0 Å².